The average molecular weight is 260 g/mol. The van der Waals surface area contributed by atoms with Gasteiger partial charge in [0, 0.05) is 23.7 Å². The van der Waals surface area contributed by atoms with E-state index >= 15 is 0 Å². The van der Waals surface area contributed by atoms with Gasteiger partial charge in [-0.05, 0) is 31.0 Å². The van der Waals surface area contributed by atoms with Crippen molar-refractivity contribution >= 4 is 23.5 Å². The van der Waals surface area contributed by atoms with Gasteiger partial charge in [-0.15, -0.1) is 0 Å². The number of anilines is 2. The highest BCUT2D eigenvalue weighted by atomic mass is 32.2. The maximum atomic E-state index is 4.39. The van der Waals surface area contributed by atoms with Gasteiger partial charge >= 0.3 is 0 Å². The number of benzene rings is 1. The summed E-state index contributed by atoms with van der Waals surface area (Å²) in [7, 11) is 0. The molecule has 1 aliphatic heterocycles. The number of hydrogen-bond donors (Lipinski definition) is 2. The van der Waals surface area contributed by atoms with Crippen molar-refractivity contribution in [1.82, 2.24) is 9.19 Å². The van der Waals surface area contributed by atoms with E-state index in [1.54, 1.807) is 11.9 Å². The third-order valence-corrected chi connectivity index (χ3v) is 3.87. The second-order valence-electron chi connectivity index (χ2n) is 4.37. The Labute approximate surface area is 111 Å². The van der Waals surface area contributed by atoms with Crippen molar-refractivity contribution in [3.8, 4) is 0 Å². The van der Waals surface area contributed by atoms with Gasteiger partial charge in [-0.25, -0.2) is 0 Å². The van der Waals surface area contributed by atoms with E-state index in [-0.39, 0.29) is 5.50 Å². The summed E-state index contributed by atoms with van der Waals surface area (Å²) < 4.78 is 1.92. The molecule has 0 bridgehead atoms. The Balaban J connectivity index is 1.66. The Bertz CT molecular complexity index is 523. The number of nitrogens with zero attached hydrogens (tertiary/aromatic N) is 2. The summed E-state index contributed by atoms with van der Waals surface area (Å²) >= 11 is 1.65. The minimum atomic E-state index is 0.139. The molecule has 0 unspecified atom stereocenters. The molecule has 1 aliphatic rings. The predicted molar refractivity (Wildman–Crippen MR) is 76.8 cm³/mol. The summed E-state index contributed by atoms with van der Waals surface area (Å²) in [6.07, 6.45) is 1.07. The third-order valence-electron chi connectivity index (χ3n) is 2.94. The van der Waals surface area contributed by atoms with Crippen LogP contribution in [0.2, 0.25) is 0 Å². The van der Waals surface area contributed by atoms with Crippen LogP contribution < -0.4 is 10.6 Å². The molecule has 0 saturated heterocycles. The van der Waals surface area contributed by atoms with E-state index in [1.165, 1.54) is 5.56 Å². The monoisotopic (exact) mass is 260 g/mol. The lowest BCUT2D eigenvalue weighted by Gasteiger charge is -2.13. The summed E-state index contributed by atoms with van der Waals surface area (Å²) in [5.74, 6) is 1.06. The molecule has 4 nitrogen and oxygen atoms in total. The Morgan fingerprint density at radius 3 is 2.83 bits per heavy atom. The first-order valence-corrected chi connectivity index (χ1v) is 6.94. The molecule has 2 N–H and O–H groups in total. The van der Waals surface area contributed by atoms with Crippen molar-refractivity contribution in [3.63, 3.8) is 0 Å². The van der Waals surface area contributed by atoms with Crippen molar-refractivity contribution in [3.05, 3.63) is 41.6 Å². The molecular formula is C13H16N4S. The SMILES string of the molecule is CCc1ccc(N[C@H]2Nc3cc(C)nn3S2)cc1. The quantitative estimate of drug-likeness (QED) is 0.890. The Kier molecular flexibility index (Phi) is 2.91. The molecule has 0 radical (unpaired) electrons. The number of nitrogens with one attached hydrogen (secondary N) is 2. The van der Waals surface area contributed by atoms with Gasteiger partial charge < -0.3 is 10.6 Å². The van der Waals surface area contributed by atoms with Gasteiger partial charge in [0.25, 0.3) is 0 Å². The average Bonchev–Trinajstić information content (AvgIpc) is 2.86. The number of aryl methyl sites for hydroxylation is 2. The highest BCUT2D eigenvalue weighted by Gasteiger charge is 2.22. The van der Waals surface area contributed by atoms with Crippen molar-refractivity contribution in [1.29, 1.82) is 0 Å². The molecule has 1 atom stereocenters. The van der Waals surface area contributed by atoms with Crippen LogP contribution in [0.25, 0.3) is 0 Å². The normalized spacial score (nSPS) is 17.3. The summed E-state index contributed by atoms with van der Waals surface area (Å²) in [5.41, 5.74) is 3.66. The zero-order valence-electron chi connectivity index (χ0n) is 10.5. The van der Waals surface area contributed by atoms with Crippen molar-refractivity contribution in [2.45, 2.75) is 25.8 Å². The first-order chi connectivity index (χ1) is 8.74. The van der Waals surface area contributed by atoms with Gasteiger partial charge in [0.05, 0.1) is 5.69 Å². The third kappa shape index (κ3) is 2.18. The minimum absolute atomic E-state index is 0.139. The molecule has 0 fully saturated rings. The molecule has 0 amide bonds. The Morgan fingerprint density at radius 1 is 1.39 bits per heavy atom. The molecule has 18 heavy (non-hydrogen) atoms. The standard InChI is InChI=1S/C13H16N4S/c1-3-10-4-6-11(7-5-10)14-13-15-12-8-9(2)16-17(12)18-13/h4-8,13-15H,3H2,1-2H3/t13-/m0/s1. The van der Waals surface area contributed by atoms with Crippen LogP contribution in [0, 0.1) is 6.92 Å². The maximum Gasteiger partial charge on any atom is 0.168 e. The van der Waals surface area contributed by atoms with Crippen LogP contribution in [-0.2, 0) is 6.42 Å². The van der Waals surface area contributed by atoms with Gasteiger partial charge in [-0.2, -0.15) is 9.19 Å². The fourth-order valence-electron chi connectivity index (χ4n) is 1.97. The fourth-order valence-corrected chi connectivity index (χ4v) is 2.92. The molecule has 2 aromatic rings. The predicted octanol–water partition coefficient (Wildman–Crippen LogP) is 3.07. The summed E-state index contributed by atoms with van der Waals surface area (Å²) in [5, 5.41) is 11.2. The summed E-state index contributed by atoms with van der Waals surface area (Å²) in [6, 6.07) is 10.6. The molecule has 1 aromatic heterocycles. The highest BCUT2D eigenvalue weighted by Crippen LogP contribution is 2.30. The summed E-state index contributed by atoms with van der Waals surface area (Å²) in [6.45, 7) is 4.16. The lowest BCUT2D eigenvalue weighted by atomic mass is 10.1. The molecule has 2 heterocycles. The van der Waals surface area contributed by atoms with E-state index in [4.69, 9.17) is 0 Å². The molecule has 0 spiro atoms. The van der Waals surface area contributed by atoms with Crippen molar-refractivity contribution < 1.29 is 0 Å². The number of hydrogen-bond acceptors (Lipinski definition) is 4. The number of fused-ring (bicyclic) bond motifs is 1. The molecule has 94 valence electrons. The largest absolute Gasteiger partial charge is 0.355 e. The van der Waals surface area contributed by atoms with E-state index in [2.05, 4.69) is 53.0 Å². The second kappa shape index (κ2) is 4.57. The molecule has 0 aliphatic carbocycles. The van der Waals surface area contributed by atoms with Crippen LogP contribution in [0.5, 0.6) is 0 Å². The van der Waals surface area contributed by atoms with E-state index in [1.807, 2.05) is 11.0 Å². The van der Waals surface area contributed by atoms with Crippen molar-refractivity contribution in [2.75, 3.05) is 10.6 Å². The number of rotatable bonds is 3. The lowest BCUT2D eigenvalue weighted by molar-refractivity contribution is 0.996. The van der Waals surface area contributed by atoms with E-state index < -0.39 is 0 Å². The highest BCUT2D eigenvalue weighted by molar-refractivity contribution is 7.98. The van der Waals surface area contributed by atoms with E-state index in [0.717, 1.165) is 23.6 Å². The van der Waals surface area contributed by atoms with Crippen LogP contribution >= 0.6 is 11.9 Å². The zero-order valence-corrected chi connectivity index (χ0v) is 11.3. The number of aromatic nitrogens is 2. The molecule has 0 saturated carbocycles. The smallest absolute Gasteiger partial charge is 0.168 e. The van der Waals surface area contributed by atoms with Crippen LogP contribution in [0.4, 0.5) is 11.5 Å². The zero-order chi connectivity index (χ0) is 12.5. The Hall–Kier alpha value is -1.62. The topological polar surface area (TPSA) is 41.9 Å². The molecule has 1 aromatic carbocycles. The maximum absolute atomic E-state index is 4.39. The van der Waals surface area contributed by atoms with Crippen LogP contribution in [0.15, 0.2) is 30.3 Å². The van der Waals surface area contributed by atoms with Gasteiger partial charge in [0.2, 0.25) is 0 Å². The van der Waals surface area contributed by atoms with Gasteiger partial charge in [0.1, 0.15) is 5.82 Å². The van der Waals surface area contributed by atoms with Gasteiger partial charge in [-0.3, -0.25) is 0 Å². The minimum Gasteiger partial charge on any atom is -0.355 e. The van der Waals surface area contributed by atoms with Crippen LogP contribution in [-0.4, -0.2) is 14.7 Å². The first-order valence-electron chi connectivity index (χ1n) is 6.10. The Morgan fingerprint density at radius 2 is 2.17 bits per heavy atom. The van der Waals surface area contributed by atoms with Gasteiger partial charge in [0.15, 0.2) is 5.50 Å². The molecule has 3 rings (SSSR count). The molecular weight excluding hydrogens is 244 g/mol. The summed E-state index contributed by atoms with van der Waals surface area (Å²) in [4.78, 5) is 0. The molecule has 5 heteroatoms. The second-order valence-corrected chi connectivity index (χ2v) is 5.40. The van der Waals surface area contributed by atoms with E-state index in [0.29, 0.717) is 0 Å². The van der Waals surface area contributed by atoms with E-state index in [9.17, 15) is 0 Å². The lowest BCUT2D eigenvalue weighted by Crippen LogP contribution is -2.21. The van der Waals surface area contributed by atoms with Crippen LogP contribution in [0.3, 0.4) is 0 Å². The first kappa shape index (κ1) is 11.5. The van der Waals surface area contributed by atoms with Crippen LogP contribution in [0.1, 0.15) is 18.2 Å². The van der Waals surface area contributed by atoms with Gasteiger partial charge in [-0.1, -0.05) is 19.1 Å². The van der Waals surface area contributed by atoms with Crippen molar-refractivity contribution in [2.24, 2.45) is 0 Å². The fraction of sp³-hybridized carbons (Fsp3) is 0.308.